The Morgan fingerprint density at radius 2 is 1.91 bits per heavy atom. The molecular weight excluding hydrogens is 294 g/mol. The monoisotopic (exact) mass is 313 g/mol. The molecule has 0 aliphatic rings. The number of hydrogen-bond donors (Lipinski definition) is 2. The minimum absolute atomic E-state index is 0.0247. The van der Waals surface area contributed by atoms with Crippen LogP contribution in [0.2, 0.25) is 0 Å². The van der Waals surface area contributed by atoms with E-state index >= 15 is 0 Å². The predicted octanol–water partition coefficient (Wildman–Crippen LogP) is 2.23. The average Bonchev–Trinajstić information content (AvgIpc) is 2.56. The Kier molecular flexibility index (Phi) is 5.19. The number of methoxy groups -OCH3 is 1. The Morgan fingerprint density at radius 3 is 2.52 bits per heavy atom. The van der Waals surface area contributed by atoms with Gasteiger partial charge in [0, 0.05) is 30.9 Å². The summed E-state index contributed by atoms with van der Waals surface area (Å²) in [6.45, 7) is 0. The second-order valence-corrected chi connectivity index (χ2v) is 5.04. The normalized spacial score (nSPS) is 10.6. The summed E-state index contributed by atoms with van der Waals surface area (Å²) in [6.07, 6.45) is 1.37. The van der Waals surface area contributed by atoms with E-state index in [4.69, 9.17) is 4.74 Å². The number of hydrogen-bond acceptors (Lipinski definition) is 5. The number of aromatic hydroxyl groups is 1. The standard InChI is InChI=1S/C17H19N3O3/c1-20(2)14-9-7-12(8-10-14)17(22)19-18-11-13-5-4-6-15(23-3)16(13)21/h4-11,21H,1-3H3,(H,19,22). The fourth-order valence-corrected chi connectivity index (χ4v) is 1.94. The van der Waals surface area contributed by atoms with Crippen LogP contribution in [-0.4, -0.2) is 38.4 Å². The first-order valence-corrected chi connectivity index (χ1v) is 6.99. The van der Waals surface area contributed by atoms with Gasteiger partial charge in [-0.25, -0.2) is 5.43 Å². The third-order valence-corrected chi connectivity index (χ3v) is 3.27. The van der Waals surface area contributed by atoms with Gasteiger partial charge in [0.05, 0.1) is 13.3 Å². The van der Waals surface area contributed by atoms with Crippen LogP contribution in [0, 0.1) is 0 Å². The van der Waals surface area contributed by atoms with Gasteiger partial charge in [-0.3, -0.25) is 4.79 Å². The Balaban J connectivity index is 2.04. The number of nitrogens with zero attached hydrogens (tertiary/aromatic N) is 2. The maximum Gasteiger partial charge on any atom is 0.271 e. The Morgan fingerprint density at radius 1 is 1.22 bits per heavy atom. The molecule has 0 saturated heterocycles. The molecule has 2 aromatic rings. The van der Waals surface area contributed by atoms with Crippen LogP contribution in [0.1, 0.15) is 15.9 Å². The third-order valence-electron chi connectivity index (χ3n) is 3.27. The van der Waals surface area contributed by atoms with E-state index in [-0.39, 0.29) is 11.7 Å². The van der Waals surface area contributed by atoms with Crippen molar-refractivity contribution in [1.29, 1.82) is 0 Å². The molecule has 6 nitrogen and oxygen atoms in total. The third kappa shape index (κ3) is 4.00. The minimum Gasteiger partial charge on any atom is -0.504 e. The number of amides is 1. The average molecular weight is 313 g/mol. The van der Waals surface area contributed by atoms with Gasteiger partial charge in [0.1, 0.15) is 0 Å². The first kappa shape index (κ1) is 16.4. The molecule has 1 amide bonds. The van der Waals surface area contributed by atoms with Gasteiger partial charge in [0.15, 0.2) is 11.5 Å². The van der Waals surface area contributed by atoms with Gasteiger partial charge in [-0.1, -0.05) is 6.07 Å². The number of anilines is 1. The minimum atomic E-state index is -0.325. The number of para-hydroxylation sites is 1. The van der Waals surface area contributed by atoms with E-state index < -0.39 is 0 Å². The van der Waals surface area contributed by atoms with E-state index in [1.54, 1.807) is 30.3 Å². The van der Waals surface area contributed by atoms with Crippen molar-refractivity contribution in [1.82, 2.24) is 5.43 Å². The predicted molar refractivity (Wildman–Crippen MR) is 90.5 cm³/mol. The fourth-order valence-electron chi connectivity index (χ4n) is 1.94. The van der Waals surface area contributed by atoms with E-state index in [2.05, 4.69) is 10.5 Å². The van der Waals surface area contributed by atoms with Crippen LogP contribution in [0.15, 0.2) is 47.6 Å². The number of carbonyl (C=O) groups is 1. The van der Waals surface area contributed by atoms with Gasteiger partial charge in [-0.2, -0.15) is 5.10 Å². The number of nitrogens with one attached hydrogen (secondary N) is 1. The van der Waals surface area contributed by atoms with Crippen molar-refractivity contribution in [2.24, 2.45) is 5.10 Å². The van der Waals surface area contributed by atoms with E-state index in [1.165, 1.54) is 13.3 Å². The van der Waals surface area contributed by atoms with Crippen molar-refractivity contribution >= 4 is 17.8 Å². The van der Waals surface area contributed by atoms with Gasteiger partial charge < -0.3 is 14.7 Å². The smallest absolute Gasteiger partial charge is 0.271 e. The Labute approximate surface area is 135 Å². The van der Waals surface area contributed by atoms with Crippen LogP contribution >= 0.6 is 0 Å². The summed E-state index contributed by atoms with van der Waals surface area (Å²) in [7, 11) is 5.33. The molecule has 0 heterocycles. The molecule has 0 spiro atoms. The second-order valence-electron chi connectivity index (χ2n) is 5.04. The maximum absolute atomic E-state index is 12.0. The molecule has 2 N–H and O–H groups in total. The summed E-state index contributed by atoms with van der Waals surface area (Å²) >= 11 is 0. The van der Waals surface area contributed by atoms with Crippen molar-refractivity contribution in [3.63, 3.8) is 0 Å². The number of phenols is 1. The lowest BCUT2D eigenvalue weighted by Crippen LogP contribution is -2.18. The summed E-state index contributed by atoms with van der Waals surface area (Å²) < 4.78 is 5.01. The second kappa shape index (κ2) is 7.31. The molecule has 0 fully saturated rings. The van der Waals surface area contributed by atoms with Crippen LogP contribution in [0.4, 0.5) is 5.69 Å². The Bertz CT molecular complexity index is 710. The van der Waals surface area contributed by atoms with Crippen molar-refractivity contribution in [3.8, 4) is 11.5 Å². The van der Waals surface area contributed by atoms with Crippen LogP contribution in [0.25, 0.3) is 0 Å². The molecule has 0 radical (unpaired) electrons. The molecule has 23 heavy (non-hydrogen) atoms. The Hall–Kier alpha value is -3.02. The van der Waals surface area contributed by atoms with Crippen molar-refractivity contribution in [2.75, 3.05) is 26.1 Å². The van der Waals surface area contributed by atoms with Crippen molar-refractivity contribution < 1.29 is 14.6 Å². The fraction of sp³-hybridized carbons (Fsp3) is 0.176. The summed E-state index contributed by atoms with van der Waals surface area (Å²) in [5, 5.41) is 13.8. The molecule has 0 unspecified atom stereocenters. The van der Waals surface area contributed by atoms with E-state index in [0.29, 0.717) is 16.9 Å². The molecule has 0 atom stereocenters. The zero-order valence-corrected chi connectivity index (χ0v) is 13.3. The number of carbonyl (C=O) groups excluding carboxylic acids is 1. The summed E-state index contributed by atoms with van der Waals surface area (Å²) in [4.78, 5) is 13.9. The quantitative estimate of drug-likeness (QED) is 0.656. The van der Waals surface area contributed by atoms with Gasteiger partial charge in [-0.15, -0.1) is 0 Å². The first-order valence-electron chi connectivity index (χ1n) is 6.99. The van der Waals surface area contributed by atoms with E-state index in [0.717, 1.165) is 5.69 Å². The number of benzene rings is 2. The molecule has 2 rings (SSSR count). The molecule has 0 aliphatic carbocycles. The van der Waals surface area contributed by atoms with Crippen LogP contribution in [0.5, 0.6) is 11.5 Å². The van der Waals surface area contributed by atoms with Gasteiger partial charge >= 0.3 is 0 Å². The highest BCUT2D eigenvalue weighted by Crippen LogP contribution is 2.27. The number of phenolic OH excluding ortho intramolecular Hbond substituents is 1. The number of rotatable bonds is 5. The summed E-state index contributed by atoms with van der Waals surface area (Å²) in [5.74, 6) is -0.00294. The molecule has 0 aromatic heterocycles. The van der Waals surface area contributed by atoms with E-state index in [9.17, 15) is 9.90 Å². The van der Waals surface area contributed by atoms with Crippen molar-refractivity contribution in [2.45, 2.75) is 0 Å². The molecule has 2 aromatic carbocycles. The lowest BCUT2D eigenvalue weighted by atomic mass is 10.2. The first-order chi connectivity index (χ1) is 11.0. The van der Waals surface area contributed by atoms with Gasteiger partial charge in [-0.05, 0) is 36.4 Å². The lowest BCUT2D eigenvalue weighted by Gasteiger charge is -2.12. The highest BCUT2D eigenvalue weighted by molar-refractivity contribution is 5.95. The number of ether oxygens (including phenoxy) is 1. The maximum atomic E-state index is 12.0. The summed E-state index contributed by atoms with van der Waals surface area (Å²) in [6, 6.07) is 12.2. The summed E-state index contributed by atoms with van der Waals surface area (Å²) in [5.41, 5.74) is 4.39. The van der Waals surface area contributed by atoms with Crippen LogP contribution in [0.3, 0.4) is 0 Å². The van der Waals surface area contributed by atoms with E-state index in [1.807, 2.05) is 31.1 Å². The highest BCUT2D eigenvalue weighted by Gasteiger charge is 2.06. The van der Waals surface area contributed by atoms with Crippen molar-refractivity contribution in [3.05, 3.63) is 53.6 Å². The van der Waals surface area contributed by atoms with Gasteiger partial charge in [0.25, 0.3) is 5.91 Å². The topological polar surface area (TPSA) is 74.2 Å². The zero-order chi connectivity index (χ0) is 16.8. The molecule has 0 bridgehead atoms. The number of hydrazone groups is 1. The van der Waals surface area contributed by atoms with Crippen LogP contribution in [-0.2, 0) is 0 Å². The molecule has 0 saturated carbocycles. The molecule has 6 heteroatoms. The highest BCUT2D eigenvalue weighted by atomic mass is 16.5. The zero-order valence-electron chi connectivity index (χ0n) is 13.3. The van der Waals surface area contributed by atoms with Crippen LogP contribution < -0.4 is 15.1 Å². The largest absolute Gasteiger partial charge is 0.504 e. The molecular formula is C17H19N3O3. The lowest BCUT2D eigenvalue weighted by molar-refractivity contribution is 0.0955. The molecule has 120 valence electrons. The van der Waals surface area contributed by atoms with Gasteiger partial charge in [0.2, 0.25) is 0 Å². The molecule has 0 aliphatic heterocycles. The SMILES string of the molecule is COc1cccc(C=NNC(=O)c2ccc(N(C)C)cc2)c1O.